The summed E-state index contributed by atoms with van der Waals surface area (Å²) in [5.41, 5.74) is 2.86. The van der Waals surface area contributed by atoms with Crippen molar-refractivity contribution in [1.82, 2.24) is 10.2 Å². The highest BCUT2D eigenvalue weighted by Crippen LogP contribution is 2.35. The van der Waals surface area contributed by atoms with Crippen LogP contribution < -0.4 is 14.4 Å². The van der Waals surface area contributed by atoms with Crippen LogP contribution >= 0.6 is 11.6 Å². The number of anilines is 1. The summed E-state index contributed by atoms with van der Waals surface area (Å²) in [7, 11) is -2.86. The van der Waals surface area contributed by atoms with Crippen LogP contribution in [0.25, 0.3) is 0 Å². The Morgan fingerprint density at radius 1 is 0.894 bits per heavy atom. The Balaban J connectivity index is 1.59. The van der Waals surface area contributed by atoms with Crippen molar-refractivity contribution in [3.63, 3.8) is 0 Å². The molecule has 0 aliphatic heterocycles. The molecule has 10 heteroatoms. The van der Waals surface area contributed by atoms with Gasteiger partial charge in [0.15, 0.2) is 0 Å². The van der Waals surface area contributed by atoms with E-state index < -0.39 is 28.5 Å². The molecule has 1 aliphatic rings. The van der Waals surface area contributed by atoms with E-state index in [9.17, 15) is 18.0 Å². The Kier molecular flexibility index (Phi) is 11.2. The van der Waals surface area contributed by atoms with Crippen LogP contribution in [0, 0.1) is 6.92 Å². The second-order valence-corrected chi connectivity index (χ2v) is 14.1. The SMILES string of the molecule is COc1ccc(Cl)cc1N(CC(=O)N(Cc1ccc(C)cc1)C(Cc1ccccc1)C(=O)NC1CCCC1)S(=O)(=O)c1ccccc1. The summed E-state index contributed by atoms with van der Waals surface area (Å²) in [4.78, 5) is 30.3. The fourth-order valence-electron chi connectivity index (χ4n) is 5.90. The summed E-state index contributed by atoms with van der Waals surface area (Å²) in [6, 6.07) is 28.9. The number of hydrogen-bond donors (Lipinski definition) is 1. The quantitative estimate of drug-likeness (QED) is 0.174. The van der Waals surface area contributed by atoms with Gasteiger partial charge >= 0.3 is 0 Å². The highest BCUT2D eigenvalue weighted by atomic mass is 35.5. The molecule has 246 valence electrons. The number of ether oxygens (including phenoxy) is 1. The number of nitrogens with one attached hydrogen (secondary N) is 1. The molecule has 0 spiro atoms. The monoisotopic (exact) mass is 673 g/mol. The molecule has 0 aromatic heterocycles. The Morgan fingerprint density at radius 2 is 1.53 bits per heavy atom. The first-order chi connectivity index (χ1) is 22.7. The number of nitrogens with zero attached hydrogens (tertiary/aromatic N) is 2. The fourth-order valence-corrected chi connectivity index (χ4v) is 7.51. The Morgan fingerprint density at radius 3 is 2.17 bits per heavy atom. The summed E-state index contributed by atoms with van der Waals surface area (Å²) in [6.45, 7) is 1.48. The molecule has 1 atom stereocenters. The van der Waals surface area contributed by atoms with E-state index in [-0.39, 0.29) is 46.3 Å². The summed E-state index contributed by atoms with van der Waals surface area (Å²) in [6.07, 6.45) is 4.09. The molecule has 1 aliphatic carbocycles. The van der Waals surface area contributed by atoms with Gasteiger partial charge in [0.05, 0.1) is 17.7 Å². The minimum Gasteiger partial charge on any atom is -0.495 e. The van der Waals surface area contributed by atoms with E-state index >= 15 is 0 Å². The number of benzene rings is 4. The van der Waals surface area contributed by atoms with E-state index in [0.29, 0.717) is 0 Å². The summed E-state index contributed by atoms with van der Waals surface area (Å²) in [5, 5.41) is 3.47. The number of rotatable bonds is 13. The third-order valence-corrected chi connectivity index (χ3v) is 10.5. The maximum absolute atomic E-state index is 14.7. The van der Waals surface area contributed by atoms with Gasteiger partial charge in [0.1, 0.15) is 18.3 Å². The third-order valence-electron chi connectivity index (χ3n) is 8.47. The summed E-state index contributed by atoms with van der Waals surface area (Å²) >= 11 is 6.37. The molecule has 5 rings (SSSR count). The topological polar surface area (TPSA) is 96.0 Å². The van der Waals surface area contributed by atoms with Gasteiger partial charge in [-0.05, 0) is 61.2 Å². The van der Waals surface area contributed by atoms with Crippen molar-refractivity contribution in [1.29, 1.82) is 0 Å². The van der Waals surface area contributed by atoms with Gasteiger partial charge in [-0.1, -0.05) is 103 Å². The van der Waals surface area contributed by atoms with Gasteiger partial charge in [0.25, 0.3) is 10.0 Å². The van der Waals surface area contributed by atoms with E-state index in [1.807, 2.05) is 61.5 Å². The Bertz CT molecular complexity index is 1760. The van der Waals surface area contributed by atoms with Gasteiger partial charge < -0.3 is 15.0 Å². The summed E-state index contributed by atoms with van der Waals surface area (Å²) in [5.74, 6) is -0.583. The first kappa shape index (κ1) is 34.0. The normalized spacial score (nSPS) is 13.9. The van der Waals surface area contributed by atoms with Crippen LogP contribution in [-0.2, 0) is 32.6 Å². The maximum Gasteiger partial charge on any atom is 0.264 e. The van der Waals surface area contributed by atoms with Gasteiger partial charge in [0.2, 0.25) is 11.8 Å². The summed E-state index contributed by atoms with van der Waals surface area (Å²) < 4.78 is 35.1. The number of amides is 2. The molecule has 1 N–H and O–H groups in total. The highest BCUT2D eigenvalue weighted by molar-refractivity contribution is 7.92. The van der Waals surface area contributed by atoms with E-state index in [1.54, 1.807) is 30.3 Å². The minimum absolute atomic E-state index is 0.000254. The van der Waals surface area contributed by atoms with Crippen molar-refractivity contribution in [3.05, 3.63) is 125 Å². The lowest BCUT2D eigenvalue weighted by Crippen LogP contribution is -2.54. The number of hydrogen-bond acceptors (Lipinski definition) is 5. The van der Waals surface area contributed by atoms with Crippen molar-refractivity contribution in [2.45, 2.75) is 62.6 Å². The lowest BCUT2D eigenvalue weighted by atomic mass is 10.0. The molecule has 8 nitrogen and oxygen atoms in total. The predicted octanol–water partition coefficient (Wildman–Crippen LogP) is 6.55. The maximum atomic E-state index is 14.7. The van der Waals surface area contributed by atoms with E-state index in [0.717, 1.165) is 46.7 Å². The minimum atomic E-state index is -4.29. The van der Waals surface area contributed by atoms with Gasteiger partial charge in [-0.2, -0.15) is 0 Å². The van der Waals surface area contributed by atoms with Crippen LogP contribution in [0.15, 0.2) is 108 Å². The average Bonchev–Trinajstić information content (AvgIpc) is 3.59. The zero-order valence-electron chi connectivity index (χ0n) is 26.6. The van der Waals surface area contributed by atoms with Crippen molar-refractivity contribution in [2.24, 2.45) is 0 Å². The molecule has 2 amide bonds. The zero-order chi connectivity index (χ0) is 33.4. The van der Waals surface area contributed by atoms with Gasteiger partial charge in [-0.15, -0.1) is 0 Å². The molecule has 4 aromatic rings. The smallest absolute Gasteiger partial charge is 0.264 e. The van der Waals surface area contributed by atoms with Crippen molar-refractivity contribution in [2.75, 3.05) is 18.0 Å². The fraction of sp³-hybridized carbons (Fsp3) is 0.297. The van der Waals surface area contributed by atoms with E-state index in [1.165, 1.54) is 30.2 Å². The number of aryl methyl sites for hydroxylation is 1. The van der Waals surface area contributed by atoms with Gasteiger partial charge in [0, 0.05) is 24.0 Å². The van der Waals surface area contributed by atoms with Crippen LogP contribution in [0.5, 0.6) is 5.75 Å². The Labute approximate surface area is 282 Å². The first-order valence-electron chi connectivity index (χ1n) is 15.8. The molecule has 47 heavy (non-hydrogen) atoms. The average molecular weight is 674 g/mol. The molecule has 1 fully saturated rings. The molecule has 0 heterocycles. The zero-order valence-corrected chi connectivity index (χ0v) is 28.2. The van der Waals surface area contributed by atoms with E-state index in [4.69, 9.17) is 16.3 Å². The third kappa shape index (κ3) is 8.53. The lowest BCUT2D eigenvalue weighted by Gasteiger charge is -2.34. The molecule has 0 bridgehead atoms. The van der Waals surface area contributed by atoms with Gasteiger partial charge in [-0.25, -0.2) is 8.42 Å². The van der Waals surface area contributed by atoms with Crippen LogP contribution in [0.3, 0.4) is 0 Å². The second-order valence-electron chi connectivity index (χ2n) is 11.8. The molecule has 0 radical (unpaired) electrons. The number of methoxy groups -OCH3 is 1. The van der Waals surface area contributed by atoms with Gasteiger partial charge in [-0.3, -0.25) is 13.9 Å². The predicted molar refractivity (Wildman–Crippen MR) is 185 cm³/mol. The van der Waals surface area contributed by atoms with Crippen molar-refractivity contribution >= 4 is 39.1 Å². The number of carbonyl (C=O) groups excluding carboxylic acids is 2. The molecule has 1 unspecified atom stereocenters. The second kappa shape index (κ2) is 15.5. The largest absolute Gasteiger partial charge is 0.495 e. The van der Waals surface area contributed by atoms with Crippen LogP contribution in [0.4, 0.5) is 5.69 Å². The number of halogens is 1. The molecular formula is C37H40ClN3O5S. The van der Waals surface area contributed by atoms with Crippen molar-refractivity contribution in [3.8, 4) is 5.75 Å². The van der Waals surface area contributed by atoms with Crippen molar-refractivity contribution < 1.29 is 22.7 Å². The van der Waals surface area contributed by atoms with Crippen LogP contribution in [-0.4, -0.2) is 50.9 Å². The lowest BCUT2D eigenvalue weighted by molar-refractivity contribution is -0.140. The first-order valence-corrected chi connectivity index (χ1v) is 17.6. The molecule has 0 saturated heterocycles. The molecular weight excluding hydrogens is 634 g/mol. The van der Waals surface area contributed by atoms with Crippen LogP contribution in [0.2, 0.25) is 5.02 Å². The highest BCUT2D eigenvalue weighted by Gasteiger charge is 2.36. The number of sulfonamides is 1. The number of carbonyl (C=O) groups is 2. The van der Waals surface area contributed by atoms with Crippen LogP contribution in [0.1, 0.15) is 42.4 Å². The standard InChI is InChI=1S/C37H40ClN3O5S/c1-27-17-19-29(20-18-27)25-40(34(23-28-11-5-3-6-12-28)37(43)39-31-13-9-10-14-31)36(42)26-41(33-24-30(38)21-22-35(33)46-2)47(44,45)32-15-7-4-8-16-32/h3-8,11-12,15-22,24,31,34H,9-10,13-14,23,25-26H2,1-2H3,(H,39,43). The molecule has 4 aromatic carbocycles. The molecule has 1 saturated carbocycles. The van der Waals surface area contributed by atoms with E-state index in [2.05, 4.69) is 5.32 Å². The Hall–Kier alpha value is -4.34.